The number of benzene rings is 1. The lowest BCUT2D eigenvalue weighted by molar-refractivity contribution is -0.261. The number of hydrogen-bond acceptors (Lipinski definition) is 7. The topological polar surface area (TPSA) is 97.6 Å². The first kappa shape index (κ1) is 27.6. The highest BCUT2D eigenvalue weighted by molar-refractivity contribution is 5.83. The second kappa shape index (κ2) is 13.4. The summed E-state index contributed by atoms with van der Waals surface area (Å²) in [6.45, 7) is 2.17. The van der Waals surface area contributed by atoms with Crippen molar-refractivity contribution >= 4 is 11.9 Å². The van der Waals surface area contributed by atoms with E-state index in [2.05, 4.69) is 27.2 Å². The zero-order chi connectivity index (χ0) is 26.0. The minimum absolute atomic E-state index is 0.0413. The van der Waals surface area contributed by atoms with Crippen LogP contribution in [-0.4, -0.2) is 45.8 Å². The van der Waals surface area contributed by atoms with E-state index in [-0.39, 0.29) is 25.4 Å². The number of nitrogens with zero attached hydrogens (tertiary/aromatic N) is 3. The Bertz CT molecular complexity index is 978. The summed E-state index contributed by atoms with van der Waals surface area (Å²) in [4.78, 5) is 31.6. The van der Waals surface area contributed by atoms with Crippen molar-refractivity contribution in [3.05, 3.63) is 35.7 Å². The van der Waals surface area contributed by atoms with Crippen molar-refractivity contribution in [1.29, 1.82) is 0 Å². The number of carbonyl (C=O) groups is 2. The summed E-state index contributed by atoms with van der Waals surface area (Å²) in [7, 11) is 0. The normalized spacial score (nSPS) is 15.9. The average Bonchev–Trinajstić information content (AvgIpc) is 3.31. The third kappa shape index (κ3) is 8.32. The predicted octanol–water partition coefficient (Wildman–Crippen LogP) is 5.13. The summed E-state index contributed by atoms with van der Waals surface area (Å²) >= 11 is 0. The molecule has 8 nitrogen and oxygen atoms in total. The molecule has 0 aliphatic carbocycles. The van der Waals surface area contributed by atoms with Crippen molar-refractivity contribution in [2.45, 2.75) is 89.9 Å². The van der Waals surface area contributed by atoms with Crippen LogP contribution in [0, 0.1) is 0 Å². The monoisotopic (exact) mass is 510 g/mol. The highest BCUT2D eigenvalue weighted by atomic mass is 19.4. The van der Waals surface area contributed by atoms with Gasteiger partial charge in [-0.1, -0.05) is 81.3 Å². The first-order chi connectivity index (χ1) is 17.3. The molecule has 1 aromatic heterocycles. The Labute approximate surface area is 208 Å². The Kier molecular flexibility index (Phi) is 10.3. The van der Waals surface area contributed by atoms with E-state index in [9.17, 15) is 22.8 Å². The van der Waals surface area contributed by atoms with Crippen LogP contribution >= 0.6 is 0 Å². The Hall–Kier alpha value is -2.95. The van der Waals surface area contributed by atoms with Crippen LogP contribution in [0.1, 0.15) is 76.2 Å². The molecule has 36 heavy (non-hydrogen) atoms. The van der Waals surface area contributed by atoms with Crippen molar-refractivity contribution in [3.63, 3.8) is 0 Å². The van der Waals surface area contributed by atoms with Crippen LogP contribution in [-0.2, 0) is 27.4 Å². The van der Waals surface area contributed by atoms with E-state index in [1.165, 1.54) is 50.5 Å². The summed E-state index contributed by atoms with van der Waals surface area (Å²) in [5, 5.41) is 7.15. The SMILES string of the molecule is CCCCCCCCCCc1ccc(-c2noc(CNC(=O)[C@@H]3CCN3OC(=O)C(F)(F)F)n2)cc1. The van der Waals surface area contributed by atoms with Crippen molar-refractivity contribution in [3.8, 4) is 11.4 Å². The van der Waals surface area contributed by atoms with Crippen LogP contribution in [0.4, 0.5) is 13.2 Å². The number of nitrogens with one attached hydrogen (secondary N) is 1. The highest BCUT2D eigenvalue weighted by Gasteiger charge is 2.46. The van der Waals surface area contributed by atoms with Crippen LogP contribution in [0.25, 0.3) is 11.4 Å². The molecule has 0 radical (unpaired) electrons. The van der Waals surface area contributed by atoms with E-state index >= 15 is 0 Å². The average molecular weight is 511 g/mol. The molecule has 198 valence electrons. The number of amides is 1. The summed E-state index contributed by atoms with van der Waals surface area (Å²) in [6, 6.07) is 6.94. The van der Waals surface area contributed by atoms with E-state index in [0.717, 1.165) is 18.4 Å². The molecule has 0 bridgehead atoms. The molecule has 1 aliphatic rings. The number of halogens is 3. The van der Waals surface area contributed by atoms with Crippen LogP contribution in [0.2, 0.25) is 0 Å². The molecule has 2 heterocycles. The number of aromatic nitrogens is 2. The Morgan fingerprint density at radius 2 is 1.75 bits per heavy atom. The maximum atomic E-state index is 12.3. The van der Waals surface area contributed by atoms with E-state index in [0.29, 0.717) is 10.9 Å². The zero-order valence-corrected chi connectivity index (χ0v) is 20.5. The number of carbonyl (C=O) groups excluding carboxylic acids is 2. The summed E-state index contributed by atoms with van der Waals surface area (Å²) in [6.07, 6.45) is 6.41. The van der Waals surface area contributed by atoms with Gasteiger partial charge in [-0.3, -0.25) is 4.79 Å². The molecule has 0 spiro atoms. The van der Waals surface area contributed by atoms with Crippen molar-refractivity contribution < 1.29 is 32.1 Å². The lowest BCUT2D eigenvalue weighted by Gasteiger charge is -2.37. The molecule has 3 rings (SSSR count). The van der Waals surface area contributed by atoms with Gasteiger partial charge in [0, 0.05) is 12.1 Å². The number of unbranched alkanes of at least 4 members (excludes halogenated alkanes) is 7. The van der Waals surface area contributed by atoms with Crippen LogP contribution in [0.15, 0.2) is 28.8 Å². The van der Waals surface area contributed by atoms with Crippen molar-refractivity contribution in [2.75, 3.05) is 6.54 Å². The maximum absolute atomic E-state index is 12.3. The second-order valence-corrected chi connectivity index (χ2v) is 8.97. The van der Waals surface area contributed by atoms with Crippen molar-refractivity contribution in [1.82, 2.24) is 20.5 Å². The van der Waals surface area contributed by atoms with Gasteiger partial charge < -0.3 is 14.7 Å². The first-order valence-corrected chi connectivity index (χ1v) is 12.5. The third-order valence-electron chi connectivity index (χ3n) is 6.12. The van der Waals surface area contributed by atoms with Gasteiger partial charge in [0.2, 0.25) is 17.6 Å². The number of aryl methyl sites for hydroxylation is 1. The van der Waals surface area contributed by atoms with Gasteiger partial charge in [-0.2, -0.15) is 18.2 Å². The van der Waals surface area contributed by atoms with E-state index in [4.69, 9.17) is 4.52 Å². The van der Waals surface area contributed by atoms with Crippen LogP contribution in [0.5, 0.6) is 0 Å². The highest BCUT2D eigenvalue weighted by Crippen LogP contribution is 2.23. The molecule has 1 aliphatic heterocycles. The van der Waals surface area contributed by atoms with Crippen LogP contribution in [0.3, 0.4) is 0 Å². The third-order valence-corrected chi connectivity index (χ3v) is 6.12. The van der Waals surface area contributed by atoms with Gasteiger partial charge in [0.05, 0.1) is 6.54 Å². The lowest BCUT2D eigenvalue weighted by Crippen LogP contribution is -2.57. The van der Waals surface area contributed by atoms with E-state index in [1.54, 1.807) is 0 Å². The molecule has 1 aromatic carbocycles. The largest absolute Gasteiger partial charge is 0.492 e. The standard InChI is InChI=1S/C25H33F3N4O4/c1-2-3-4-5-6-7-8-9-10-18-11-13-19(14-12-18)22-30-21(35-31-22)17-29-23(33)20-15-16-32(20)36-24(34)25(26,27)28/h11-14,20H,2-10,15-17H2,1H3,(H,29,33)/t20-/m0/s1. The zero-order valence-electron chi connectivity index (χ0n) is 20.5. The Morgan fingerprint density at radius 3 is 2.36 bits per heavy atom. The van der Waals surface area contributed by atoms with Gasteiger partial charge in [-0.05, 0) is 24.8 Å². The fraction of sp³-hybridized carbons (Fsp3) is 0.600. The number of hydrogen-bond donors (Lipinski definition) is 1. The molecule has 1 atom stereocenters. The van der Waals surface area contributed by atoms with E-state index < -0.39 is 24.1 Å². The minimum Gasteiger partial charge on any atom is -0.360 e. The van der Waals surface area contributed by atoms with Gasteiger partial charge in [-0.15, -0.1) is 5.06 Å². The first-order valence-electron chi connectivity index (χ1n) is 12.5. The minimum atomic E-state index is -5.12. The van der Waals surface area contributed by atoms with Gasteiger partial charge in [-0.25, -0.2) is 4.79 Å². The fourth-order valence-corrected chi connectivity index (χ4v) is 3.90. The fourth-order valence-electron chi connectivity index (χ4n) is 3.90. The molecule has 0 unspecified atom stereocenters. The summed E-state index contributed by atoms with van der Waals surface area (Å²) in [5.74, 6) is -2.42. The quantitative estimate of drug-likeness (QED) is 0.352. The number of hydroxylamine groups is 2. The second-order valence-electron chi connectivity index (χ2n) is 8.97. The van der Waals surface area contributed by atoms with E-state index in [1.807, 2.05) is 24.3 Å². The number of rotatable bonds is 14. The molecule has 11 heteroatoms. The molecule has 1 N–H and O–H groups in total. The van der Waals surface area contributed by atoms with Gasteiger partial charge >= 0.3 is 12.1 Å². The number of alkyl halides is 3. The van der Waals surface area contributed by atoms with Crippen molar-refractivity contribution in [2.24, 2.45) is 0 Å². The summed E-state index contributed by atoms with van der Waals surface area (Å²) < 4.78 is 42.2. The Morgan fingerprint density at radius 1 is 1.08 bits per heavy atom. The smallest absolute Gasteiger partial charge is 0.360 e. The molecule has 2 aromatic rings. The molecule has 1 saturated heterocycles. The molecule has 0 saturated carbocycles. The van der Waals surface area contributed by atoms with Crippen LogP contribution < -0.4 is 5.32 Å². The molecular formula is C25H33F3N4O4. The van der Waals surface area contributed by atoms with Gasteiger partial charge in [0.15, 0.2) is 0 Å². The molecule has 1 fully saturated rings. The van der Waals surface area contributed by atoms with Gasteiger partial charge in [0.25, 0.3) is 0 Å². The lowest BCUT2D eigenvalue weighted by atomic mass is 10.0. The Balaban J connectivity index is 1.38. The summed E-state index contributed by atoms with van der Waals surface area (Å²) in [5.41, 5.74) is 2.03. The maximum Gasteiger partial charge on any atom is 0.492 e. The molecule has 1 amide bonds. The predicted molar refractivity (Wildman–Crippen MR) is 125 cm³/mol. The van der Waals surface area contributed by atoms with Gasteiger partial charge in [0.1, 0.15) is 6.04 Å². The molecular weight excluding hydrogens is 477 g/mol.